The second-order valence-electron chi connectivity index (χ2n) is 2.52. The number of nitrogens with zero attached hydrogens (tertiary/aromatic N) is 4. The number of aliphatic hydroxyl groups is 1. The number of aromatic nitrogens is 4. The second kappa shape index (κ2) is 2.53. The molecule has 0 spiro atoms. The van der Waals surface area contributed by atoms with Gasteiger partial charge in [-0.1, -0.05) is 0 Å². The lowest BCUT2D eigenvalue weighted by Gasteiger charge is -2.04. The van der Waals surface area contributed by atoms with Crippen molar-refractivity contribution in [2.24, 2.45) is 0 Å². The third-order valence-corrected chi connectivity index (χ3v) is 1.64. The lowest BCUT2D eigenvalue weighted by Crippen LogP contribution is -2.02. The molecular weight excluding hydrogens is 156 g/mol. The lowest BCUT2D eigenvalue weighted by molar-refractivity contribution is 0.128. The molecular formula is C7H8N4O. The van der Waals surface area contributed by atoms with Crippen molar-refractivity contribution in [2.75, 3.05) is 0 Å². The van der Waals surface area contributed by atoms with E-state index in [2.05, 4.69) is 15.0 Å². The Kier molecular flexibility index (Phi) is 1.51. The summed E-state index contributed by atoms with van der Waals surface area (Å²) in [6, 6.07) is 0. The van der Waals surface area contributed by atoms with Crippen LogP contribution in [-0.4, -0.2) is 24.6 Å². The Morgan fingerprint density at radius 3 is 3.08 bits per heavy atom. The van der Waals surface area contributed by atoms with Gasteiger partial charge in [0.05, 0.1) is 12.5 Å². The SMILES string of the molecule is CC(O)n1cnc2cncnc21. The molecule has 0 aliphatic rings. The summed E-state index contributed by atoms with van der Waals surface area (Å²) in [5.74, 6) is 0. The minimum atomic E-state index is -0.607. The van der Waals surface area contributed by atoms with Crippen molar-refractivity contribution in [3.63, 3.8) is 0 Å². The molecule has 2 aromatic heterocycles. The maximum absolute atomic E-state index is 9.27. The zero-order valence-corrected chi connectivity index (χ0v) is 6.55. The summed E-state index contributed by atoms with van der Waals surface area (Å²) in [5, 5.41) is 9.27. The smallest absolute Gasteiger partial charge is 0.165 e. The first-order valence-electron chi connectivity index (χ1n) is 3.59. The van der Waals surface area contributed by atoms with Gasteiger partial charge in [0, 0.05) is 0 Å². The maximum Gasteiger partial charge on any atom is 0.165 e. The number of rotatable bonds is 1. The van der Waals surface area contributed by atoms with Crippen molar-refractivity contribution in [1.29, 1.82) is 0 Å². The fraction of sp³-hybridized carbons (Fsp3) is 0.286. The first-order chi connectivity index (χ1) is 5.79. The highest BCUT2D eigenvalue weighted by Gasteiger charge is 2.05. The minimum Gasteiger partial charge on any atom is -0.373 e. The number of aliphatic hydroxyl groups excluding tert-OH is 1. The van der Waals surface area contributed by atoms with Crippen molar-refractivity contribution >= 4 is 11.2 Å². The highest BCUT2D eigenvalue weighted by molar-refractivity contribution is 5.68. The van der Waals surface area contributed by atoms with Crippen molar-refractivity contribution < 1.29 is 5.11 Å². The van der Waals surface area contributed by atoms with Crippen LogP contribution >= 0.6 is 0 Å². The Morgan fingerprint density at radius 1 is 1.50 bits per heavy atom. The highest BCUT2D eigenvalue weighted by Crippen LogP contribution is 2.11. The van der Waals surface area contributed by atoms with Crippen LogP contribution in [0.3, 0.4) is 0 Å². The molecule has 0 amide bonds. The van der Waals surface area contributed by atoms with E-state index in [1.165, 1.54) is 6.33 Å². The van der Waals surface area contributed by atoms with Gasteiger partial charge in [-0.05, 0) is 6.92 Å². The first kappa shape index (κ1) is 7.17. The van der Waals surface area contributed by atoms with Crippen LogP contribution < -0.4 is 0 Å². The van der Waals surface area contributed by atoms with Crippen LogP contribution in [0.2, 0.25) is 0 Å². The summed E-state index contributed by atoms with van der Waals surface area (Å²) in [5.41, 5.74) is 1.35. The molecule has 12 heavy (non-hydrogen) atoms. The van der Waals surface area contributed by atoms with Gasteiger partial charge >= 0.3 is 0 Å². The second-order valence-corrected chi connectivity index (χ2v) is 2.52. The van der Waals surface area contributed by atoms with E-state index < -0.39 is 6.23 Å². The molecule has 1 N–H and O–H groups in total. The van der Waals surface area contributed by atoms with E-state index in [0.717, 1.165) is 0 Å². The van der Waals surface area contributed by atoms with E-state index in [9.17, 15) is 5.11 Å². The third-order valence-electron chi connectivity index (χ3n) is 1.64. The Balaban J connectivity index is 2.70. The van der Waals surface area contributed by atoms with Crippen molar-refractivity contribution in [3.05, 3.63) is 18.9 Å². The normalized spacial score (nSPS) is 13.5. The Hall–Kier alpha value is -1.49. The molecule has 0 bridgehead atoms. The molecule has 62 valence electrons. The van der Waals surface area contributed by atoms with Crippen LogP contribution in [0.5, 0.6) is 0 Å². The molecule has 0 aliphatic carbocycles. The van der Waals surface area contributed by atoms with E-state index in [1.807, 2.05) is 0 Å². The zero-order chi connectivity index (χ0) is 8.55. The number of hydrogen-bond acceptors (Lipinski definition) is 4. The largest absolute Gasteiger partial charge is 0.373 e. The molecule has 0 fully saturated rings. The first-order valence-corrected chi connectivity index (χ1v) is 3.59. The highest BCUT2D eigenvalue weighted by atomic mass is 16.3. The van der Waals surface area contributed by atoms with Crippen molar-refractivity contribution in [2.45, 2.75) is 13.2 Å². The number of hydrogen-bond donors (Lipinski definition) is 1. The van der Waals surface area contributed by atoms with Gasteiger partial charge in [-0.2, -0.15) is 0 Å². The summed E-state index contributed by atoms with van der Waals surface area (Å²) in [7, 11) is 0. The zero-order valence-electron chi connectivity index (χ0n) is 6.55. The lowest BCUT2D eigenvalue weighted by atomic mass is 10.5. The van der Waals surface area contributed by atoms with Gasteiger partial charge in [-0.3, -0.25) is 4.57 Å². The van der Waals surface area contributed by atoms with Crippen molar-refractivity contribution in [3.8, 4) is 0 Å². The van der Waals surface area contributed by atoms with Gasteiger partial charge in [0.15, 0.2) is 5.65 Å². The van der Waals surface area contributed by atoms with Crippen molar-refractivity contribution in [1.82, 2.24) is 19.5 Å². The summed E-state index contributed by atoms with van der Waals surface area (Å²) in [6.07, 6.45) is 3.98. The van der Waals surface area contributed by atoms with E-state index in [4.69, 9.17) is 0 Å². The van der Waals surface area contributed by atoms with Crippen LogP contribution in [0.25, 0.3) is 11.2 Å². The summed E-state index contributed by atoms with van der Waals surface area (Å²) < 4.78 is 1.58. The van der Waals surface area contributed by atoms with Crippen LogP contribution in [-0.2, 0) is 0 Å². The molecule has 5 heteroatoms. The van der Waals surface area contributed by atoms with Gasteiger partial charge in [0.2, 0.25) is 0 Å². The maximum atomic E-state index is 9.27. The van der Waals surface area contributed by atoms with Gasteiger partial charge in [0.1, 0.15) is 18.1 Å². The van der Waals surface area contributed by atoms with E-state index in [1.54, 1.807) is 24.0 Å². The van der Waals surface area contributed by atoms with E-state index in [0.29, 0.717) is 11.2 Å². The Labute approximate surface area is 68.7 Å². The van der Waals surface area contributed by atoms with Crippen LogP contribution in [0.15, 0.2) is 18.9 Å². The van der Waals surface area contributed by atoms with Gasteiger partial charge in [-0.25, -0.2) is 15.0 Å². The molecule has 0 aromatic carbocycles. The minimum absolute atomic E-state index is 0.607. The predicted molar refractivity (Wildman–Crippen MR) is 42.3 cm³/mol. The van der Waals surface area contributed by atoms with E-state index >= 15 is 0 Å². The van der Waals surface area contributed by atoms with Crippen LogP contribution in [0, 0.1) is 0 Å². The fourth-order valence-corrected chi connectivity index (χ4v) is 1.06. The third kappa shape index (κ3) is 0.947. The summed E-state index contributed by atoms with van der Waals surface area (Å²) >= 11 is 0. The molecule has 5 nitrogen and oxygen atoms in total. The molecule has 1 atom stereocenters. The summed E-state index contributed by atoms with van der Waals surface area (Å²) in [6.45, 7) is 1.66. The average Bonchev–Trinajstić information content (AvgIpc) is 2.47. The Morgan fingerprint density at radius 2 is 2.33 bits per heavy atom. The van der Waals surface area contributed by atoms with Crippen LogP contribution in [0.1, 0.15) is 13.2 Å². The summed E-state index contributed by atoms with van der Waals surface area (Å²) in [4.78, 5) is 11.8. The standard InChI is InChI=1S/C7H8N4O/c1-5(12)11-4-10-6-2-8-3-9-7(6)11/h2-5,12H,1H3. The monoisotopic (exact) mass is 164 g/mol. The molecule has 2 heterocycles. The number of fused-ring (bicyclic) bond motifs is 1. The van der Waals surface area contributed by atoms with Gasteiger partial charge in [0.25, 0.3) is 0 Å². The molecule has 0 aliphatic heterocycles. The van der Waals surface area contributed by atoms with Gasteiger partial charge in [-0.15, -0.1) is 0 Å². The van der Waals surface area contributed by atoms with E-state index in [-0.39, 0.29) is 0 Å². The predicted octanol–water partition coefficient (Wildman–Crippen LogP) is 0.337. The van der Waals surface area contributed by atoms with Gasteiger partial charge < -0.3 is 5.11 Å². The molecule has 0 saturated heterocycles. The molecule has 1 unspecified atom stereocenters. The quantitative estimate of drug-likeness (QED) is 0.660. The molecule has 0 saturated carbocycles. The molecule has 2 aromatic rings. The molecule has 0 radical (unpaired) electrons. The molecule has 2 rings (SSSR count). The Bertz CT molecular complexity index is 395. The topological polar surface area (TPSA) is 63.8 Å². The van der Waals surface area contributed by atoms with Crippen LogP contribution in [0.4, 0.5) is 0 Å². The fourth-order valence-electron chi connectivity index (χ4n) is 1.06. The average molecular weight is 164 g/mol. The number of imidazole rings is 1.